The van der Waals surface area contributed by atoms with Gasteiger partial charge in [0.15, 0.2) is 0 Å². The third kappa shape index (κ3) is 13.9. The molecule has 0 saturated carbocycles. The number of aliphatic hydroxyl groups excluding tert-OH is 2. The van der Waals surface area contributed by atoms with Gasteiger partial charge in [0, 0.05) is 13.1 Å². The molecule has 0 amide bonds. The number of allylic oxidation sites excluding steroid dienone is 1. The molecular formula is C17H35NO2. The Morgan fingerprint density at radius 3 is 1.75 bits per heavy atom. The number of unbranched alkanes of at least 4 members (excludes halogenated alkanes) is 9. The van der Waals surface area contributed by atoms with Gasteiger partial charge in [-0.3, -0.25) is 0 Å². The summed E-state index contributed by atoms with van der Waals surface area (Å²) in [5, 5.41) is 17.8. The van der Waals surface area contributed by atoms with Gasteiger partial charge in [-0.25, -0.2) is 0 Å². The van der Waals surface area contributed by atoms with Gasteiger partial charge >= 0.3 is 0 Å². The van der Waals surface area contributed by atoms with E-state index >= 15 is 0 Å². The maximum atomic E-state index is 8.88. The molecule has 120 valence electrons. The zero-order valence-corrected chi connectivity index (χ0v) is 13.4. The fourth-order valence-electron chi connectivity index (χ4n) is 2.31. The van der Waals surface area contributed by atoms with E-state index in [-0.39, 0.29) is 13.2 Å². The van der Waals surface area contributed by atoms with Crippen molar-refractivity contribution >= 4 is 0 Å². The summed E-state index contributed by atoms with van der Waals surface area (Å²) in [7, 11) is 0. The van der Waals surface area contributed by atoms with Crippen LogP contribution in [0.15, 0.2) is 12.3 Å². The molecule has 0 spiro atoms. The second-order valence-electron chi connectivity index (χ2n) is 5.49. The molecule has 0 radical (unpaired) electrons. The Labute approximate surface area is 125 Å². The van der Waals surface area contributed by atoms with E-state index in [1.54, 1.807) is 0 Å². The smallest absolute Gasteiger partial charge is 0.0606 e. The molecule has 0 aromatic heterocycles. The Bertz CT molecular complexity index is 201. The van der Waals surface area contributed by atoms with Crippen LogP contribution in [0.1, 0.15) is 71.1 Å². The quantitative estimate of drug-likeness (QED) is 0.451. The maximum Gasteiger partial charge on any atom is 0.0606 e. The molecule has 0 aliphatic rings. The lowest BCUT2D eigenvalue weighted by Crippen LogP contribution is -2.24. The standard InChI is InChI=1S/C17H35NO2/c1-2-3-4-5-6-7-8-9-10-11-12-13-18(14-16-19)15-17-20/h12-13,19-20H,2-11,14-17H2,1H3/b13-12+. The van der Waals surface area contributed by atoms with E-state index < -0.39 is 0 Å². The zero-order valence-electron chi connectivity index (χ0n) is 13.4. The van der Waals surface area contributed by atoms with Crippen molar-refractivity contribution in [2.45, 2.75) is 71.1 Å². The minimum Gasteiger partial charge on any atom is -0.395 e. The largest absolute Gasteiger partial charge is 0.395 e. The van der Waals surface area contributed by atoms with E-state index in [9.17, 15) is 0 Å². The highest BCUT2D eigenvalue weighted by atomic mass is 16.3. The van der Waals surface area contributed by atoms with Crippen LogP contribution in [0.2, 0.25) is 0 Å². The van der Waals surface area contributed by atoms with Crippen molar-refractivity contribution in [2.75, 3.05) is 26.3 Å². The average Bonchev–Trinajstić information content (AvgIpc) is 2.45. The Morgan fingerprint density at radius 2 is 1.25 bits per heavy atom. The van der Waals surface area contributed by atoms with Gasteiger partial charge in [0.05, 0.1) is 13.2 Å². The summed E-state index contributed by atoms with van der Waals surface area (Å²) in [6.07, 6.45) is 17.5. The van der Waals surface area contributed by atoms with Crippen LogP contribution in [-0.4, -0.2) is 41.4 Å². The van der Waals surface area contributed by atoms with Crippen LogP contribution >= 0.6 is 0 Å². The van der Waals surface area contributed by atoms with Crippen molar-refractivity contribution in [3.05, 3.63) is 12.3 Å². The van der Waals surface area contributed by atoms with Crippen LogP contribution in [0.4, 0.5) is 0 Å². The first-order valence-electron chi connectivity index (χ1n) is 8.47. The van der Waals surface area contributed by atoms with E-state index in [0.717, 1.165) is 6.42 Å². The lowest BCUT2D eigenvalue weighted by atomic mass is 10.1. The number of rotatable bonds is 15. The molecule has 3 heteroatoms. The van der Waals surface area contributed by atoms with Gasteiger partial charge in [0.2, 0.25) is 0 Å². The SMILES string of the molecule is CCCCCCCCCCC/C=C/N(CCO)CCO. The van der Waals surface area contributed by atoms with Crippen molar-refractivity contribution < 1.29 is 10.2 Å². The summed E-state index contributed by atoms with van der Waals surface area (Å²) in [5.74, 6) is 0. The summed E-state index contributed by atoms with van der Waals surface area (Å²) < 4.78 is 0. The maximum absolute atomic E-state index is 8.88. The minimum atomic E-state index is 0.141. The lowest BCUT2D eigenvalue weighted by Gasteiger charge is -2.17. The Kier molecular flexibility index (Phi) is 16.1. The van der Waals surface area contributed by atoms with Crippen LogP contribution in [0.5, 0.6) is 0 Å². The second kappa shape index (κ2) is 16.5. The molecule has 0 aliphatic heterocycles. The molecule has 0 aromatic rings. The number of aliphatic hydroxyl groups is 2. The molecule has 0 saturated heterocycles. The van der Waals surface area contributed by atoms with E-state index in [2.05, 4.69) is 13.0 Å². The second-order valence-corrected chi connectivity index (χ2v) is 5.49. The van der Waals surface area contributed by atoms with E-state index in [1.165, 1.54) is 57.8 Å². The van der Waals surface area contributed by atoms with E-state index in [0.29, 0.717) is 13.1 Å². The van der Waals surface area contributed by atoms with Crippen molar-refractivity contribution in [1.82, 2.24) is 4.90 Å². The fourth-order valence-corrected chi connectivity index (χ4v) is 2.31. The fraction of sp³-hybridized carbons (Fsp3) is 0.882. The lowest BCUT2D eigenvalue weighted by molar-refractivity contribution is 0.198. The monoisotopic (exact) mass is 285 g/mol. The zero-order chi connectivity index (χ0) is 14.9. The highest BCUT2D eigenvalue weighted by molar-refractivity contribution is 4.82. The first kappa shape index (κ1) is 19.5. The summed E-state index contributed by atoms with van der Waals surface area (Å²) in [6.45, 7) is 3.75. The molecule has 2 N–H and O–H groups in total. The van der Waals surface area contributed by atoms with Gasteiger partial charge in [-0.15, -0.1) is 0 Å². The Morgan fingerprint density at radius 1 is 0.750 bits per heavy atom. The van der Waals surface area contributed by atoms with Gasteiger partial charge in [-0.2, -0.15) is 0 Å². The van der Waals surface area contributed by atoms with E-state index in [1.807, 2.05) is 11.1 Å². The first-order valence-corrected chi connectivity index (χ1v) is 8.47. The molecule has 0 fully saturated rings. The highest BCUT2D eigenvalue weighted by Crippen LogP contribution is 2.10. The van der Waals surface area contributed by atoms with Crippen molar-refractivity contribution in [3.63, 3.8) is 0 Å². The van der Waals surface area contributed by atoms with Crippen LogP contribution in [0.3, 0.4) is 0 Å². The summed E-state index contributed by atoms with van der Waals surface area (Å²) in [4.78, 5) is 1.97. The number of hydrogen-bond acceptors (Lipinski definition) is 3. The van der Waals surface area contributed by atoms with Crippen LogP contribution in [-0.2, 0) is 0 Å². The number of hydrogen-bond donors (Lipinski definition) is 2. The molecule has 0 unspecified atom stereocenters. The average molecular weight is 285 g/mol. The highest BCUT2D eigenvalue weighted by Gasteiger charge is 1.96. The molecule has 0 rings (SSSR count). The van der Waals surface area contributed by atoms with E-state index in [4.69, 9.17) is 10.2 Å². The van der Waals surface area contributed by atoms with Gasteiger partial charge in [0.1, 0.15) is 0 Å². The molecule has 0 atom stereocenters. The van der Waals surface area contributed by atoms with Gasteiger partial charge in [-0.1, -0.05) is 64.4 Å². The third-order valence-electron chi connectivity index (χ3n) is 3.56. The molecule has 0 aromatic carbocycles. The van der Waals surface area contributed by atoms with Crippen molar-refractivity contribution in [1.29, 1.82) is 0 Å². The van der Waals surface area contributed by atoms with Crippen LogP contribution in [0.25, 0.3) is 0 Å². The first-order chi connectivity index (χ1) is 9.85. The van der Waals surface area contributed by atoms with Gasteiger partial charge in [0.25, 0.3) is 0 Å². The van der Waals surface area contributed by atoms with Gasteiger partial charge in [-0.05, 0) is 19.0 Å². The van der Waals surface area contributed by atoms with Crippen LogP contribution in [0, 0.1) is 0 Å². The predicted octanol–water partition coefficient (Wildman–Crippen LogP) is 3.71. The number of nitrogens with zero attached hydrogens (tertiary/aromatic N) is 1. The topological polar surface area (TPSA) is 43.7 Å². The molecular weight excluding hydrogens is 250 g/mol. The summed E-state index contributed by atoms with van der Waals surface area (Å²) in [6, 6.07) is 0. The molecule has 20 heavy (non-hydrogen) atoms. The molecule has 0 bridgehead atoms. The van der Waals surface area contributed by atoms with Crippen molar-refractivity contribution in [2.24, 2.45) is 0 Å². The van der Waals surface area contributed by atoms with Gasteiger partial charge < -0.3 is 15.1 Å². The Hall–Kier alpha value is -0.540. The summed E-state index contributed by atoms with van der Waals surface area (Å²) >= 11 is 0. The normalized spacial score (nSPS) is 11.3. The predicted molar refractivity (Wildman–Crippen MR) is 86.7 cm³/mol. The molecule has 3 nitrogen and oxygen atoms in total. The molecule has 0 aliphatic carbocycles. The third-order valence-corrected chi connectivity index (χ3v) is 3.56. The van der Waals surface area contributed by atoms with Crippen molar-refractivity contribution in [3.8, 4) is 0 Å². The van der Waals surface area contributed by atoms with Crippen LogP contribution < -0.4 is 0 Å². The molecule has 0 heterocycles. The Balaban J connectivity index is 3.32. The summed E-state index contributed by atoms with van der Waals surface area (Å²) in [5.41, 5.74) is 0. The minimum absolute atomic E-state index is 0.141.